The Bertz CT molecular complexity index is 1760. The molecule has 2 aliphatic carbocycles. The minimum Gasteiger partial charge on any atom is -0.455 e. The van der Waals surface area contributed by atoms with Crippen molar-refractivity contribution < 1.29 is 4.42 Å². The van der Waals surface area contributed by atoms with Gasteiger partial charge < -0.3 is 4.42 Å². The van der Waals surface area contributed by atoms with E-state index in [2.05, 4.69) is 101 Å². The molecule has 34 heavy (non-hydrogen) atoms. The normalized spacial score (nSPS) is 19.2. The van der Waals surface area contributed by atoms with E-state index in [1.165, 1.54) is 39.0 Å². The molecular weight excluding hydrogens is 480 g/mol. The van der Waals surface area contributed by atoms with Crippen molar-refractivity contribution in [3.8, 4) is 23.5 Å². The highest BCUT2D eigenvalue weighted by atomic mass is 79.9. The molecule has 0 bridgehead atoms. The number of para-hydroxylation sites is 1. The van der Waals surface area contributed by atoms with Crippen LogP contribution in [0.15, 0.2) is 112 Å². The van der Waals surface area contributed by atoms with Crippen LogP contribution in [0.2, 0.25) is 0 Å². The van der Waals surface area contributed by atoms with E-state index in [-0.39, 0.29) is 5.41 Å². The van der Waals surface area contributed by atoms with E-state index in [1.807, 2.05) is 12.1 Å². The van der Waals surface area contributed by atoms with Crippen LogP contribution in [0.25, 0.3) is 33.1 Å². The fourth-order valence-electron chi connectivity index (χ4n) is 6.17. The molecule has 1 aromatic heterocycles. The molecular formula is C32H19BrO. The van der Waals surface area contributed by atoms with Crippen molar-refractivity contribution in [2.75, 3.05) is 0 Å². The summed E-state index contributed by atoms with van der Waals surface area (Å²) in [7, 11) is 0. The molecule has 0 saturated heterocycles. The maximum absolute atomic E-state index is 6.53. The summed E-state index contributed by atoms with van der Waals surface area (Å²) < 4.78 is 7.67. The second-order valence-electron chi connectivity index (χ2n) is 8.92. The number of terminal acetylenes is 1. The third-order valence-corrected chi connectivity index (χ3v) is 8.16. The van der Waals surface area contributed by atoms with Gasteiger partial charge in [0.05, 0.1) is 5.41 Å². The minimum atomic E-state index is -0.378. The quantitative estimate of drug-likeness (QED) is 0.211. The van der Waals surface area contributed by atoms with Crippen LogP contribution >= 0.6 is 15.9 Å². The lowest BCUT2D eigenvalue weighted by Gasteiger charge is -2.30. The van der Waals surface area contributed by atoms with Crippen LogP contribution in [0.4, 0.5) is 0 Å². The Kier molecular flexibility index (Phi) is 4.10. The first-order valence-corrected chi connectivity index (χ1v) is 12.2. The molecule has 0 N–H and O–H groups in total. The molecule has 0 aliphatic heterocycles. The van der Waals surface area contributed by atoms with E-state index in [0.29, 0.717) is 0 Å². The van der Waals surface area contributed by atoms with E-state index in [4.69, 9.17) is 10.8 Å². The zero-order valence-corrected chi connectivity index (χ0v) is 19.9. The monoisotopic (exact) mass is 498 g/mol. The van der Waals surface area contributed by atoms with Crippen molar-refractivity contribution in [1.82, 2.24) is 0 Å². The average Bonchev–Trinajstić information content (AvgIpc) is 3.50. The summed E-state index contributed by atoms with van der Waals surface area (Å²) in [6.07, 6.45) is 12.4. The smallest absolute Gasteiger partial charge is 0.143 e. The third kappa shape index (κ3) is 2.35. The predicted molar refractivity (Wildman–Crippen MR) is 143 cm³/mol. The van der Waals surface area contributed by atoms with E-state index in [9.17, 15) is 0 Å². The lowest BCUT2D eigenvalue weighted by molar-refractivity contribution is 0.669. The average molecular weight is 499 g/mol. The van der Waals surface area contributed by atoms with Crippen molar-refractivity contribution in [1.29, 1.82) is 0 Å². The molecule has 1 spiro atoms. The third-order valence-electron chi connectivity index (χ3n) is 7.41. The van der Waals surface area contributed by atoms with Crippen molar-refractivity contribution in [2.45, 2.75) is 11.8 Å². The number of furan rings is 1. The van der Waals surface area contributed by atoms with Crippen LogP contribution in [0.1, 0.15) is 22.3 Å². The highest BCUT2D eigenvalue weighted by Gasteiger charge is 2.52. The number of fused-ring (bicyclic) bond motifs is 11. The summed E-state index contributed by atoms with van der Waals surface area (Å²) >= 11 is 3.83. The molecule has 0 saturated carbocycles. The van der Waals surface area contributed by atoms with Gasteiger partial charge in [-0.25, -0.2) is 0 Å². The Morgan fingerprint density at radius 1 is 0.853 bits per heavy atom. The lowest BCUT2D eigenvalue weighted by atomic mass is 9.70. The molecule has 2 heteroatoms. The standard InChI is InChI=1S/C32H19BrO/c1-2-3-4-10-20-19-24-26(14-9-15-28(24)33)32(20)25-13-7-5-12-23(25)30-27(32)18-17-22-21-11-6-8-16-29(21)34-31(22)30/h1,3-18H,19H2/b4-3-,20-10+. The van der Waals surface area contributed by atoms with Gasteiger partial charge in [-0.2, -0.15) is 0 Å². The number of rotatable bonds is 1. The van der Waals surface area contributed by atoms with Crippen molar-refractivity contribution in [3.05, 3.63) is 129 Å². The van der Waals surface area contributed by atoms with E-state index in [1.54, 1.807) is 6.08 Å². The summed E-state index contributed by atoms with van der Waals surface area (Å²) in [5.74, 6) is 2.63. The van der Waals surface area contributed by atoms with Crippen LogP contribution in [-0.2, 0) is 11.8 Å². The summed E-state index contributed by atoms with van der Waals surface area (Å²) in [5.41, 5.74) is 10.5. The van der Waals surface area contributed by atoms with Gasteiger partial charge in [-0.05, 0) is 58.0 Å². The summed E-state index contributed by atoms with van der Waals surface area (Å²) in [6, 6.07) is 28.2. The maximum atomic E-state index is 6.53. The Morgan fingerprint density at radius 2 is 1.68 bits per heavy atom. The molecule has 160 valence electrons. The van der Waals surface area contributed by atoms with Crippen molar-refractivity contribution >= 4 is 37.9 Å². The zero-order chi connectivity index (χ0) is 22.9. The molecule has 0 radical (unpaired) electrons. The Morgan fingerprint density at radius 3 is 2.59 bits per heavy atom. The van der Waals surface area contributed by atoms with Gasteiger partial charge in [0.15, 0.2) is 0 Å². The minimum absolute atomic E-state index is 0.378. The number of hydrogen-bond acceptors (Lipinski definition) is 1. The van der Waals surface area contributed by atoms with Gasteiger partial charge in [0.25, 0.3) is 0 Å². The molecule has 1 atom stereocenters. The topological polar surface area (TPSA) is 13.1 Å². The van der Waals surface area contributed by atoms with Gasteiger partial charge in [0.1, 0.15) is 11.2 Å². The number of hydrogen-bond donors (Lipinski definition) is 0. The zero-order valence-electron chi connectivity index (χ0n) is 18.3. The molecule has 7 rings (SSSR count). The first-order chi connectivity index (χ1) is 16.7. The first kappa shape index (κ1) is 19.6. The highest BCUT2D eigenvalue weighted by Crippen LogP contribution is 2.62. The van der Waals surface area contributed by atoms with E-state index < -0.39 is 0 Å². The second-order valence-corrected chi connectivity index (χ2v) is 9.77. The largest absolute Gasteiger partial charge is 0.455 e. The Balaban J connectivity index is 1.67. The summed E-state index contributed by atoms with van der Waals surface area (Å²) in [5, 5.41) is 2.31. The van der Waals surface area contributed by atoms with Crippen LogP contribution in [0.5, 0.6) is 0 Å². The van der Waals surface area contributed by atoms with E-state index in [0.717, 1.165) is 32.8 Å². The first-order valence-electron chi connectivity index (χ1n) is 11.4. The maximum Gasteiger partial charge on any atom is 0.143 e. The molecule has 1 nitrogen and oxygen atoms in total. The van der Waals surface area contributed by atoms with E-state index >= 15 is 0 Å². The van der Waals surface area contributed by atoms with Gasteiger partial charge in [-0.1, -0.05) is 101 Å². The van der Waals surface area contributed by atoms with Gasteiger partial charge in [-0.3, -0.25) is 0 Å². The highest BCUT2D eigenvalue weighted by molar-refractivity contribution is 9.10. The number of allylic oxidation sites excluding steroid dienone is 4. The molecule has 2 aliphatic rings. The lowest BCUT2D eigenvalue weighted by Crippen LogP contribution is -2.26. The molecule has 0 amide bonds. The summed E-state index contributed by atoms with van der Waals surface area (Å²) in [6.45, 7) is 0. The number of benzene rings is 4. The van der Waals surface area contributed by atoms with Gasteiger partial charge in [0.2, 0.25) is 0 Å². The van der Waals surface area contributed by atoms with Gasteiger partial charge in [0, 0.05) is 20.8 Å². The van der Waals surface area contributed by atoms with Crippen LogP contribution in [0.3, 0.4) is 0 Å². The fourth-order valence-corrected chi connectivity index (χ4v) is 6.67. The second kappa shape index (κ2) is 7.10. The SMILES string of the molecule is C#C/C=C\C=C1/Cc2c(Br)cccc2C12c1ccccc1-c1c2ccc2c1oc1ccccc12. The van der Waals surface area contributed by atoms with Crippen LogP contribution < -0.4 is 0 Å². The fraction of sp³-hybridized carbons (Fsp3) is 0.0625. The predicted octanol–water partition coefficient (Wildman–Crippen LogP) is 8.34. The van der Waals surface area contributed by atoms with Crippen molar-refractivity contribution in [3.63, 3.8) is 0 Å². The molecule has 0 fully saturated rings. The van der Waals surface area contributed by atoms with Crippen molar-refractivity contribution in [2.24, 2.45) is 0 Å². The van der Waals surface area contributed by atoms with Gasteiger partial charge >= 0.3 is 0 Å². The molecule has 1 heterocycles. The summed E-state index contributed by atoms with van der Waals surface area (Å²) in [4.78, 5) is 0. The Labute approximate surface area is 206 Å². The number of halogens is 1. The van der Waals surface area contributed by atoms with Crippen LogP contribution in [-0.4, -0.2) is 0 Å². The molecule has 5 aromatic rings. The van der Waals surface area contributed by atoms with Crippen LogP contribution in [0, 0.1) is 12.3 Å². The Hall–Kier alpha value is -3.80. The molecule has 1 unspecified atom stereocenters. The van der Waals surface area contributed by atoms with Gasteiger partial charge in [-0.15, -0.1) is 6.42 Å². The molecule has 4 aromatic carbocycles.